The SMILES string of the molecule is CSc1c2c3c(sc2nc(=O)n1-c1ccccc1)CN(CCc1ccccc1)CC3. The molecule has 1 aliphatic heterocycles. The van der Waals surface area contributed by atoms with Crippen molar-refractivity contribution in [1.29, 1.82) is 0 Å². The Kier molecular flexibility index (Phi) is 5.46. The quantitative estimate of drug-likeness (QED) is 0.336. The lowest BCUT2D eigenvalue weighted by atomic mass is 10.0. The number of aromatic nitrogens is 2. The normalized spacial score (nSPS) is 14.2. The molecule has 0 aliphatic carbocycles. The minimum atomic E-state index is -0.197. The summed E-state index contributed by atoms with van der Waals surface area (Å²) < 4.78 is 1.77. The molecule has 6 heteroatoms. The van der Waals surface area contributed by atoms with E-state index in [0.717, 1.165) is 48.0 Å². The van der Waals surface area contributed by atoms with Crippen molar-refractivity contribution in [3.8, 4) is 5.69 Å². The van der Waals surface area contributed by atoms with Crippen molar-refractivity contribution in [2.75, 3.05) is 19.3 Å². The fourth-order valence-electron chi connectivity index (χ4n) is 4.20. The Hall–Kier alpha value is -2.41. The summed E-state index contributed by atoms with van der Waals surface area (Å²) in [5.41, 5.74) is 3.44. The number of thioether (sulfide) groups is 1. The maximum atomic E-state index is 12.9. The van der Waals surface area contributed by atoms with Gasteiger partial charge in [-0.15, -0.1) is 23.1 Å². The van der Waals surface area contributed by atoms with Crippen LogP contribution in [0.15, 0.2) is 70.5 Å². The Labute approximate surface area is 184 Å². The molecule has 0 saturated carbocycles. The Bertz CT molecular complexity index is 1230. The van der Waals surface area contributed by atoms with Gasteiger partial charge < -0.3 is 0 Å². The van der Waals surface area contributed by atoms with E-state index >= 15 is 0 Å². The highest BCUT2D eigenvalue weighted by Crippen LogP contribution is 2.38. The molecule has 4 aromatic rings. The van der Waals surface area contributed by atoms with E-state index in [2.05, 4.69) is 40.2 Å². The zero-order chi connectivity index (χ0) is 20.5. The summed E-state index contributed by atoms with van der Waals surface area (Å²) in [6, 6.07) is 20.5. The van der Waals surface area contributed by atoms with E-state index in [0.29, 0.717) is 0 Å². The summed E-state index contributed by atoms with van der Waals surface area (Å²) >= 11 is 3.33. The molecule has 0 amide bonds. The van der Waals surface area contributed by atoms with E-state index in [-0.39, 0.29) is 5.69 Å². The van der Waals surface area contributed by atoms with Gasteiger partial charge >= 0.3 is 5.69 Å². The zero-order valence-corrected chi connectivity index (χ0v) is 18.5. The fraction of sp³-hybridized carbons (Fsp3) is 0.250. The number of benzene rings is 2. The molecular weight excluding hydrogens is 410 g/mol. The van der Waals surface area contributed by atoms with Crippen molar-refractivity contribution in [3.05, 3.63) is 87.2 Å². The molecular formula is C24H23N3OS2. The lowest BCUT2D eigenvalue weighted by Crippen LogP contribution is -2.31. The van der Waals surface area contributed by atoms with E-state index in [1.807, 2.05) is 36.6 Å². The van der Waals surface area contributed by atoms with Crippen LogP contribution in [0.2, 0.25) is 0 Å². The molecule has 0 unspecified atom stereocenters. The average molecular weight is 434 g/mol. The first-order chi connectivity index (χ1) is 14.7. The summed E-state index contributed by atoms with van der Waals surface area (Å²) in [5.74, 6) is 0. The molecule has 2 aromatic heterocycles. The molecule has 0 radical (unpaired) electrons. The molecule has 152 valence electrons. The Balaban J connectivity index is 1.50. The minimum Gasteiger partial charge on any atom is -0.298 e. The van der Waals surface area contributed by atoms with Gasteiger partial charge in [-0.25, -0.2) is 4.79 Å². The summed E-state index contributed by atoms with van der Waals surface area (Å²) in [4.78, 5) is 22.1. The average Bonchev–Trinajstić information content (AvgIpc) is 3.15. The molecule has 0 fully saturated rings. The van der Waals surface area contributed by atoms with Crippen LogP contribution < -0.4 is 5.69 Å². The largest absolute Gasteiger partial charge is 0.354 e. The Morgan fingerprint density at radius 1 is 1.07 bits per heavy atom. The van der Waals surface area contributed by atoms with Crippen molar-refractivity contribution in [2.24, 2.45) is 0 Å². The Morgan fingerprint density at radius 2 is 1.80 bits per heavy atom. The van der Waals surface area contributed by atoms with Gasteiger partial charge in [0.25, 0.3) is 0 Å². The first kappa shape index (κ1) is 19.5. The van der Waals surface area contributed by atoms with Gasteiger partial charge in [0.15, 0.2) is 0 Å². The molecule has 0 atom stereocenters. The first-order valence-electron chi connectivity index (χ1n) is 10.2. The van der Waals surface area contributed by atoms with Gasteiger partial charge in [-0.2, -0.15) is 4.98 Å². The smallest absolute Gasteiger partial charge is 0.298 e. The third-order valence-electron chi connectivity index (χ3n) is 5.69. The third-order valence-corrected chi connectivity index (χ3v) is 7.57. The first-order valence-corrected chi connectivity index (χ1v) is 12.2. The second-order valence-electron chi connectivity index (χ2n) is 7.52. The zero-order valence-electron chi connectivity index (χ0n) is 16.9. The number of fused-ring (bicyclic) bond motifs is 3. The van der Waals surface area contributed by atoms with Crippen LogP contribution in [0.4, 0.5) is 0 Å². The minimum absolute atomic E-state index is 0.197. The van der Waals surface area contributed by atoms with Gasteiger partial charge in [0.05, 0.1) is 10.7 Å². The monoisotopic (exact) mass is 433 g/mol. The second kappa shape index (κ2) is 8.38. The highest BCUT2D eigenvalue weighted by atomic mass is 32.2. The van der Waals surface area contributed by atoms with Crippen LogP contribution >= 0.6 is 23.1 Å². The summed E-state index contributed by atoms with van der Waals surface area (Å²) in [6.45, 7) is 3.04. The molecule has 3 heterocycles. The number of hydrogen-bond acceptors (Lipinski definition) is 5. The fourth-order valence-corrected chi connectivity index (χ4v) is 6.31. The van der Waals surface area contributed by atoms with Crippen LogP contribution in [0.3, 0.4) is 0 Å². The van der Waals surface area contributed by atoms with Crippen LogP contribution in [-0.4, -0.2) is 33.8 Å². The molecule has 0 N–H and O–H groups in total. The van der Waals surface area contributed by atoms with Gasteiger partial charge in [0.2, 0.25) is 0 Å². The van der Waals surface area contributed by atoms with Crippen molar-refractivity contribution in [1.82, 2.24) is 14.5 Å². The van der Waals surface area contributed by atoms with Crippen molar-refractivity contribution in [3.63, 3.8) is 0 Å². The van der Waals surface area contributed by atoms with Gasteiger partial charge in [0, 0.05) is 29.9 Å². The van der Waals surface area contributed by atoms with Gasteiger partial charge in [-0.05, 0) is 42.4 Å². The lowest BCUT2D eigenvalue weighted by molar-refractivity contribution is 0.261. The number of thiophene rings is 1. The molecule has 4 nitrogen and oxygen atoms in total. The third kappa shape index (κ3) is 3.60. The highest BCUT2D eigenvalue weighted by Gasteiger charge is 2.25. The summed E-state index contributed by atoms with van der Waals surface area (Å²) in [7, 11) is 0. The van der Waals surface area contributed by atoms with Crippen molar-refractivity contribution >= 4 is 33.3 Å². The molecule has 1 aliphatic rings. The molecule has 5 rings (SSSR count). The molecule has 30 heavy (non-hydrogen) atoms. The standard InChI is InChI=1S/C24H23N3OS2/c1-29-23-21-19-13-15-26(14-12-17-8-4-2-5-9-17)16-20(19)30-22(21)25-24(28)27(23)18-10-6-3-7-11-18/h2-11H,12-16H2,1H3. The lowest BCUT2D eigenvalue weighted by Gasteiger charge is -2.27. The predicted molar refractivity (Wildman–Crippen MR) is 126 cm³/mol. The molecule has 0 saturated heterocycles. The Morgan fingerprint density at radius 3 is 2.53 bits per heavy atom. The van der Waals surface area contributed by atoms with Crippen LogP contribution in [-0.2, 0) is 19.4 Å². The maximum absolute atomic E-state index is 12.9. The topological polar surface area (TPSA) is 38.1 Å². The van der Waals surface area contributed by atoms with Crippen molar-refractivity contribution in [2.45, 2.75) is 24.4 Å². The van der Waals surface area contributed by atoms with Gasteiger partial charge in [-0.3, -0.25) is 9.47 Å². The number of hydrogen-bond donors (Lipinski definition) is 0. The van der Waals surface area contributed by atoms with Crippen LogP contribution in [0.1, 0.15) is 16.0 Å². The van der Waals surface area contributed by atoms with E-state index in [9.17, 15) is 4.79 Å². The van der Waals surface area contributed by atoms with Gasteiger partial charge in [0.1, 0.15) is 4.83 Å². The molecule has 2 aromatic carbocycles. The van der Waals surface area contributed by atoms with Crippen LogP contribution in [0.5, 0.6) is 0 Å². The van der Waals surface area contributed by atoms with E-state index < -0.39 is 0 Å². The number of nitrogens with zero attached hydrogens (tertiary/aromatic N) is 3. The van der Waals surface area contributed by atoms with E-state index in [1.165, 1.54) is 21.4 Å². The van der Waals surface area contributed by atoms with E-state index in [1.54, 1.807) is 27.7 Å². The summed E-state index contributed by atoms with van der Waals surface area (Å²) in [6.07, 6.45) is 4.12. The highest BCUT2D eigenvalue weighted by molar-refractivity contribution is 7.98. The second-order valence-corrected chi connectivity index (χ2v) is 9.40. The molecule has 0 spiro atoms. The van der Waals surface area contributed by atoms with Crippen LogP contribution in [0, 0.1) is 0 Å². The van der Waals surface area contributed by atoms with E-state index in [4.69, 9.17) is 0 Å². The molecule has 0 bridgehead atoms. The van der Waals surface area contributed by atoms with Gasteiger partial charge in [-0.1, -0.05) is 48.5 Å². The summed E-state index contributed by atoms with van der Waals surface area (Å²) in [5, 5.41) is 2.18. The number of rotatable bonds is 5. The number of para-hydroxylation sites is 1. The predicted octanol–water partition coefficient (Wildman–Crippen LogP) is 4.77. The maximum Gasteiger partial charge on any atom is 0.354 e. The van der Waals surface area contributed by atoms with Crippen LogP contribution in [0.25, 0.3) is 15.9 Å². The van der Waals surface area contributed by atoms with Crippen molar-refractivity contribution < 1.29 is 0 Å².